The van der Waals surface area contributed by atoms with E-state index in [9.17, 15) is 4.39 Å². The van der Waals surface area contributed by atoms with Crippen LogP contribution >= 0.6 is 0 Å². The Morgan fingerprint density at radius 2 is 1.90 bits per heavy atom. The van der Waals surface area contributed by atoms with Crippen LogP contribution in [0.1, 0.15) is 41.5 Å². The molecule has 150 valence electrons. The molecule has 2 heterocycles. The van der Waals surface area contributed by atoms with Crippen molar-refractivity contribution < 1.29 is 13.7 Å². The summed E-state index contributed by atoms with van der Waals surface area (Å²) >= 11 is 0. The second-order valence-electron chi connectivity index (χ2n) is 8.09. The van der Waals surface area contributed by atoms with Gasteiger partial charge in [0.1, 0.15) is 23.4 Å². The van der Waals surface area contributed by atoms with Gasteiger partial charge >= 0.3 is 0 Å². The third-order valence-corrected chi connectivity index (χ3v) is 6.25. The fourth-order valence-corrected chi connectivity index (χ4v) is 4.88. The standard InChI is InChI=1S/C24H25FN2O2/c1-15-23(16(2)29-26-15)20-14-18(25)9-10-22(20)28-24-19-8-4-3-7-17(19)13-21(24)27-11-5-6-12-27/h3-4,7-10,14,21,24H,5-6,11-13H2,1-2H3. The molecular formula is C24H25FN2O2. The summed E-state index contributed by atoms with van der Waals surface area (Å²) in [7, 11) is 0. The van der Waals surface area contributed by atoms with Crippen molar-refractivity contribution in [3.63, 3.8) is 0 Å². The van der Waals surface area contributed by atoms with Gasteiger partial charge in [0.05, 0.1) is 17.3 Å². The molecule has 2 unspecified atom stereocenters. The average molecular weight is 392 g/mol. The van der Waals surface area contributed by atoms with Crippen molar-refractivity contribution in [1.29, 1.82) is 0 Å². The van der Waals surface area contributed by atoms with E-state index in [2.05, 4.69) is 34.3 Å². The number of hydrogen-bond acceptors (Lipinski definition) is 4. The highest BCUT2D eigenvalue weighted by atomic mass is 19.1. The first-order valence-electron chi connectivity index (χ1n) is 10.3. The van der Waals surface area contributed by atoms with Crippen LogP contribution in [-0.4, -0.2) is 29.2 Å². The Labute approximate surface area is 170 Å². The summed E-state index contributed by atoms with van der Waals surface area (Å²) in [5, 5.41) is 4.05. The quantitative estimate of drug-likeness (QED) is 0.609. The summed E-state index contributed by atoms with van der Waals surface area (Å²) < 4.78 is 26.2. The van der Waals surface area contributed by atoms with Crippen molar-refractivity contribution in [3.8, 4) is 16.9 Å². The van der Waals surface area contributed by atoms with E-state index in [-0.39, 0.29) is 11.9 Å². The Hall–Kier alpha value is -2.66. The molecule has 29 heavy (non-hydrogen) atoms. The highest BCUT2D eigenvalue weighted by Gasteiger charge is 2.39. The molecule has 1 aliphatic carbocycles. The molecule has 1 fully saturated rings. The van der Waals surface area contributed by atoms with Crippen molar-refractivity contribution in [2.45, 2.75) is 45.3 Å². The molecule has 1 aliphatic heterocycles. The summed E-state index contributed by atoms with van der Waals surface area (Å²) in [5.41, 5.74) is 4.82. The molecule has 5 rings (SSSR count). The third kappa shape index (κ3) is 3.23. The predicted octanol–water partition coefficient (Wildman–Crippen LogP) is 5.24. The number of ether oxygens (including phenoxy) is 1. The van der Waals surface area contributed by atoms with E-state index in [4.69, 9.17) is 9.26 Å². The van der Waals surface area contributed by atoms with Gasteiger partial charge in [0.25, 0.3) is 0 Å². The van der Waals surface area contributed by atoms with Crippen molar-refractivity contribution in [2.75, 3.05) is 13.1 Å². The first kappa shape index (κ1) is 18.4. The minimum Gasteiger partial charge on any atom is -0.483 e. The van der Waals surface area contributed by atoms with Crippen LogP contribution in [0.5, 0.6) is 5.75 Å². The van der Waals surface area contributed by atoms with Crippen LogP contribution < -0.4 is 4.74 Å². The zero-order valence-corrected chi connectivity index (χ0v) is 16.8. The largest absolute Gasteiger partial charge is 0.483 e. The van der Waals surface area contributed by atoms with E-state index >= 15 is 0 Å². The molecule has 3 aromatic rings. The lowest BCUT2D eigenvalue weighted by Crippen LogP contribution is -2.38. The maximum atomic E-state index is 14.2. The number of likely N-dealkylation sites (tertiary alicyclic amines) is 1. The molecule has 1 saturated heterocycles. The number of fused-ring (bicyclic) bond motifs is 1. The van der Waals surface area contributed by atoms with Crippen LogP contribution in [0.2, 0.25) is 0 Å². The van der Waals surface area contributed by atoms with Crippen LogP contribution in [0.15, 0.2) is 47.0 Å². The molecule has 2 aliphatic rings. The Morgan fingerprint density at radius 3 is 2.66 bits per heavy atom. The van der Waals surface area contributed by atoms with Crippen molar-refractivity contribution in [3.05, 3.63) is 70.9 Å². The van der Waals surface area contributed by atoms with E-state index in [0.717, 1.165) is 30.8 Å². The molecule has 4 nitrogen and oxygen atoms in total. The van der Waals surface area contributed by atoms with E-state index < -0.39 is 0 Å². The molecule has 0 saturated carbocycles. The van der Waals surface area contributed by atoms with Gasteiger partial charge in [-0.25, -0.2) is 4.39 Å². The minimum atomic E-state index is -0.296. The van der Waals surface area contributed by atoms with Gasteiger partial charge in [-0.05, 0) is 75.5 Å². The molecular weight excluding hydrogens is 367 g/mol. The highest BCUT2D eigenvalue weighted by molar-refractivity contribution is 5.73. The highest BCUT2D eigenvalue weighted by Crippen LogP contribution is 2.42. The van der Waals surface area contributed by atoms with Crippen LogP contribution in [0, 0.1) is 19.7 Å². The van der Waals surface area contributed by atoms with Crippen LogP contribution in [0.25, 0.3) is 11.1 Å². The normalized spacial score (nSPS) is 21.5. The SMILES string of the molecule is Cc1noc(C)c1-c1cc(F)ccc1OC1c2ccccc2CC1N1CCCC1. The molecule has 1 aromatic heterocycles. The summed E-state index contributed by atoms with van der Waals surface area (Å²) in [6.45, 7) is 5.94. The van der Waals surface area contributed by atoms with Crippen molar-refractivity contribution >= 4 is 0 Å². The Kier molecular flexibility index (Phi) is 4.63. The Morgan fingerprint density at radius 1 is 1.10 bits per heavy atom. The molecule has 0 bridgehead atoms. The maximum Gasteiger partial charge on any atom is 0.141 e. The van der Waals surface area contributed by atoms with Gasteiger partial charge in [0.15, 0.2) is 0 Å². The number of halogens is 1. The van der Waals surface area contributed by atoms with Crippen molar-refractivity contribution in [1.82, 2.24) is 10.1 Å². The number of hydrogen-bond donors (Lipinski definition) is 0. The second kappa shape index (κ2) is 7.30. The van der Waals surface area contributed by atoms with E-state index in [0.29, 0.717) is 23.1 Å². The minimum absolute atomic E-state index is 0.0750. The lowest BCUT2D eigenvalue weighted by Gasteiger charge is -2.30. The monoisotopic (exact) mass is 392 g/mol. The van der Waals surface area contributed by atoms with Gasteiger partial charge in [-0.15, -0.1) is 0 Å². The van der Waals surface area contributed by atoms with Gasteiger partial charge in [-0.1, -0.05) is 29.4 Å². The fourth-order valence-electron chi connectivity index (χ4n) is 4.88. The summed E-state index contributed by atoms with van der Waals surface area (Å²) in [6, 6.07) is 13.5. The lowest BCUT2D eigenvalue weighted by atomic mass is 10.0. The smallest absolute Gasteiger partial charge is 0.141 e. The molecule has 0 spiro atoms. The topological polar surface area (TPSA) is 38.5 Å². The van der Waals surface area contributed by atoms with Gasteiger partial charge in [0, 0.05) is 5.56 Å². The number of aromatic nitrogens is 1. The number of rotatable bonds is 4. The summed E-state index contributed by atoms with van der Waals surface area (Å²) in [5.74, 6) is 1.04. The van der Waals surface area contributed by atoms with Gasteiger partial charge in [-0.3, -0.25) is 4.90 Å². The van der Waals surface area contributed by atoms with E-state index in [1.807, 2.05) is 13.8 Å². The first-order valence-corrected chi connectivity index (χ1v) is 10.3. The summed E-state index contributed by atoms with van der Waals surface area (Å²) in [6.07, 6.45) is 3.39. The average Bonchev–Trinajstić information content (AvgIpc) is 3.43. The molecule has 2 atom stereocenters. The Bertz CT molecular complexity index is 1020. The van der Waals surface area contributed by atoms with Crippen LogP contribution in [0.3, 0.4) is 0 Å². The molecule has 5 heteroatoms. The second-order valence-corrected chi connectivity index (χ2v) is 8.09. The zero-order valence-electron chi connectivity index (χ0n) is 16.8. The molecule has 0 N–H and O–H groups in total. The zero-order chi connectivity index (χ0) is 20.0. The van der Waals surface area contributed by atoms with Gasteiger partial charge < -0.3 is 9.26 Å². The van der Waals surface area contributed by atoms with Crippen molar-refractivity contribution in [2.24, 2.45) is 0 Å². The van der Waals surface area contributed by atoms with E-state index in [1.54, 1.807) is 6.07 Å². The number of benzene rings is 2. The molecule has 2 aromatic carbocycles. The fraction of sp³-hybridized carbons (Fsp3) is 0.375. The molecule has 0 amide bonds. The summed E-state index contributed by atoms with van der Waals surface area (Å²) in [4.78, 5) is 2.55. The first-order chi connectivity index (χ1) is 14.1. The van der Waals surface area contributed by atoms with Crippen LogP contribution in [-0.2, 0) is 6.42 Å². The number of nitrogens with zero attached hydrogens (tertiary/aromatic N) is 2. The number of aryl methyl sites for hydroxylation is 2. The Balaban J connectivity index is 1.56. The predicted molar refractivity (Wildman–Crippen MR) is 109 cm³/mol. The van der Waals surface area contributed by atoms with Gasteiger partial charge in [-0.2, -0.15) is 0 Å². The van der Waals surface area contributed by atoms with Crippen LogP contribution in [0.4, 0.5) is 4.39 Å². The maximum absolute atomic E-state index is 14.2. The molecule has 0 radical (unpaired) electrons. The van der Waals surface area contributed by atoms with Gasteiger partial charge in [0.2, 0.25) is 0 Å². The lowest BCUT2D eigenvalue weighted by molar-refractivity contribution is 0.0945. The van der Waals surface area contributed by atoms with E-state index in [1.165, 1.54) is 36.1 Å². The third-order valence-electron chi connectivity index (χ3n) is 6.25.